The van der Waals surface area contributed by atoms with E-state index in [4.69, 9.17) is 9.84 Å². The molecule has 2 fully saturated rings. The monoisotopic (exact) mass is 332 g/mol. The number of carbonyl (C=O) groups is 3. The predicted octanol–water partition coefficient (Wildman–Crippen LogP) is 0.668. The van der Waals surface area contributed by atoms with Crippen molar-refractivity contribution in [1.29, 1.82) is 0 Å². The van der Waals surface area contributed by atoms with Crippen LogP contribution in [0.25, 0.3) is 0 Å². The van der Waals surface area contributed by atoms with Crippen LogP contribution in [0.4, 0.5) is 5.69 Å². The summed E-state index contributed by atoms with van der Waals surface area (Å²) in [6.45, 7) is 1.46. The zero-order valence-electron chi connectivity index (χ0n) is 13.3. The summed E-state index contributed by atoms with van der Waals surface area (Å²) >= 11 is 0. The molecule has 0 unspecified atom stereocenters. The van der Waals surface area contributed by atoms with Crippen LogP contribution < -0.4 is 4.90 Å². The number of ether oxygens (including phenoxy) is 1. The van der Waals surface area contributed by atoms with Crippen LogP contribution in [0.1, 0.15) is 18.4 Å². The maximum absolute atomic E-state index is 12.3. The fraction of sp³-hybridized carbons (Fsp3) is 0.471. The molecular formula is C17H20N2O5. The van der Waals surface area contributed by atoms with Gasteiger partial charge in [-0.25, -0.2) is 4.79 Å². The van der Waals surface area contributed by atoms with E-state index < -0.39 is 12.1 Å². The Kier molecular flexibility index (Phi) is 4.80. The Hall–Kier alpha value is -2.41. The summed E-state index contributed by atoms with van der Waals surface area (Å²) < 4.78 is 5.12. The third-order valence-electron chi connectivity index (χ3n) is 4.37. The summed E-state index contributed by atoms with van der Waals surface area (Å²) in [5, 5.41) is 8.99. The number of carboxylic acid groups (broad SMARTS) is 1. The van der Waals surface area contributed by atoms with Crippen LogP contribution in [0.5, 0.6) is 0 Å². The van der Waals surface area contributed by atoms with E-state index in [1.54, 1.807) is 4.90 Å². The van der Waals surface area contributed by atoms with Gasteiger partial charge >= 0.3 is 5.97 Å². The van der Waals surface area contributed by atoms with Crippen molar-refractivity contribution in [2.45, 2.75) is 25.4 Å². The lowest BCUT2D eigenvalue weighted by Crippen LogP contribution is -2.49. The number of amides is 2. The van der Waals surface area contributed by atoms with E-state index in [1.807, 2.05) is 24.3 Å². The van der Waals surface area contributed by atoms with Crippen molar-refractivity contribution in [3.63, 3.8) is 0 Å². The Morgan fingerprint density at radius 3 is 2.58 bits per heavy atom. The Labute approximate surface area is 139 Å². The van der Waals surface area contributed by atoms with Crippen molar-refractivity contribution in [1.82, 2.24) is 4.90 Å². The average molecular weight is 332 g/mol. The molecule has 0 spiro atoms. The molecule has 2 aliphatic heterocycles. The van der Waals surface area contributed by atoms with Crippen LogP contribution in [0, 0.1) is 0 Å². The first-order valence-electron chi connectivity index (χ1n) is 8.06. The number of carbonyl (C=O) groups excluding carboxylic acids is 2. The van der Waals surface area contributed by atoms with Gasteiger partial charge in [-0.1, -0.05) is 12.1 Å². The summed E-state index contributed by atoms with van der Waals surface area (Å²) in [6.07, 6.45) is 0.718. The van der Waals surface area contributed by atoms with Gasteiger partial charge in [-0.2, -0.15) is 0 Å². The van der Waals surface area contributed by atoms with Crippen LogP contribution in [0.3, 0.4) is 0 Å². The summed E-state index contributed by atoms with van der Waals surface area (Å²) in [7, 11) is 0. The zero-order chi connectivity index (χ0) is 17.1. The van der Waals surface area contributed by atoms with Crippen LogP contribution in [-0.2, 0) is 25.5 Å². The minimum absolute atomic E-state index is 0.0779. The topological polar surface area (TPSA) is 87.2 Å². The van der Waals surface area contributed by atoms with Gasteiger partial charge in [0.25, 0.3) is 0 Å². The second-order valence-electron chi connectivity index (χ2n) is 6.03. The molecule has 1 aromatic rings. The van der Waals surface area contributed by atoms with E-state index in [2.05, 4.69) is 0 Å². The highest BCUT2D eigenvalue weighted by Gasteiger charge is 2.29. The first kappa shape index (κ1) is 16.4. The molecule has 128 valence electrons. The summed E-state index contributed by atoms with van der Waals surface area (Å²) in [5.74, 6) is -1.03. The quantitative estimate of drug-likeness (QED) is 0.875. The fourth-order valence-corrected chi connectivity index (χ4v) is 3.03. The molecule has 2 saturated heterocycles. The molecule has 0 radical (unpaired) electrons. The number of carboxylic acids is 1. The van der Waals surface area contributed by atoms with Crippen molar-refractivity contribution >= 4 is 23.5 Å². The second-order valence-corrected chi connectivity index (χ2v) is 6.03. The lowest BCUT2D eigenvalue weighted by atomic mass is 10.1. The predicted molar refractivity (Wildman–Crippen MR) is 85.7 cm³/mol. The normalized spacial score (nSPS) is 21.2. The molecule has 0 bridgehead atoms. The van der Waals surface area contributed by atoms with Crippen molar-refractivity contribution in [2.24, 2.45) is 0 Å². The van der Waals surface area contributed by atoms with Crippen molar-refractivity contribution in [2.75, 3.05) is 31.1 Å². The first-order chi connectivity index (χ1) is 11.5. The zero-order valence-corrected chi connectivity index (χ0v) is 13.3. The molecule has 1 aromatic carbocycles. The van der Waals surface area contributed by atoms with Gasteiger partial charge in [0, 0.05) is 25.2 Å². The summed E-state index contributed by atoms with van der Waals surface area (Å²) in [6, 6.07) is 7.39. The van der Waals surface area contributed by atoms with Crippen LogP contribution in [-0.4, -0.2) is 60.1 Å². The number of nitrogens with zero attached hydrogens (tertiary/aromatic N) is 2. The third kappa shape index (κ3) is 3.56. The third-order valence-corrected chi connectivity index (χ3v) is 4.37. The lowest BCUT2D eigenvalue weighted by Gasteiger charge is -2.31. The molecule has 7 heteroatoms. The first-order valence-corrected chi connectivity index (χ1v) is 8.06. The number of morpholine rings is 1. The van der Waals surface area contributed by atoms with Crippen LogP contribution >= 0.6 is 0 Å². The van der Waals surface area contributed by atoms with E-state index >= 15 is 0 Å². The van der Waals surface area contributed by atoms with Crippen LogP contribution in [0.2, 0.25) is 0 Å². The van der Waals surface area contributed by atoms with Crippen molar-refractivity contribution in [3.05, 3.63) is 29.8 Å². The molecule has 2 amide bonds. The minimum atomic E-state index is -1.05. The standard InChI is InChI=1S/C17H20N2O5/c20-15-2-1-7-19(15)13-5-3-12(4-6-13)10-16(21)18-8-9-24-14(11-18)17(22)23/h3-6,14H,1-2,7-11H2,(H,22,23)/t14-/m1/s1. The maximum Gasteiger partial charge on any atom is 0.334 e. The summed E-state index contributed by atoms with van der Waals surface area (Å²) in [5.41, 5.74) is 1.69. The molecule has 1 atom stereocenters. The van der Waals surface area contributed by atoms with Gasteiger partial charge < -0.3 is 19.6 Å². The Balaban J connectivity index is 1.60. The highest BCUT2D eigenvalue weighted by atomic mass is 16.5. The number of benzene rings is 1. The summed E-state index contributed by atoms with van der Waals surface area (Å²) in [4.78, 5) is 38.3. The Morgan fingerprint density at radius 2 is 1.96 bits per heavy atom. The molecule has 0 aromatic heterocycles. The van der Waals surface area contributed by atoms with E-state index in [9.17, 15) is 14.4 Å². The number of rotatable bonds is 4. The molecule has 0 aliphatic carbocycles. The highest BCUT2D eigenvalue weighted by molar-refractivity contribution is 5.95. The minimum Gasteiger partial charge on any atom is -0.479 e. The van der Waals surface area contributed by atoms with Gasteiger partial charge in [-0.15, -0.1) is 0 Å². The van der Waals surface area contributed by atoms with Gasteiger partial charge in [-0.3, -0.25) is 9.59 Å². The molecular weight excluding hydrogens is 312 g/mol. The fourth-order valence-electron chi connectivity index (χ4n) is 3.03. The van der Waals surface area contributed by atoms with Gasteiger partial charge in [0.1, 0.15) is 0 Å². The molecule has 1 N–H and O–H groups in total. The van der Waals surface area contributed by atoms with Gasteiger partial charge in [0.2, 0.25) is 11.8 Å². The smallest absolute Gasteiger partial charge is 0.334 e. The Morgan fingerprint density at radius 1 is 1.21 bits per heavy atom. The van der Waals surface area contributed by atoms with Gasteiger partial charge in [0.15, 0.2) is 6.10 Å². The number of hydrogen-bond donors (Lipinski definition) is 1. The van der Waals surface area contributed by atoms with E-state index in [-0.39, 0.29) is 31.4 Å². The molecule has 0 saturated carbocycles. The largest absolute Gasteiger partial charge is 0.479 e. The lowest BCUT2D eigenvalue weighted by molar-refractivity contribution is -0.159. The molecule has 2 aliphatic rings. The van der Waals surface area contributed by atoms with E-state index in [0.29, 0.717) is 13.0 Å². The van der Waals surface area contributed by atoms with Crippen molar-refractivity contribution in [3.8, 4) is 0 Å². The number of anilines is 1. The SMILES string of the molecule is O=C(O)[C@H]1CN(C(=O)Cc2ccc(N3CCCC3=O)cc2)CCO1. The molecule has 3 rings (SSSR count). The Bertz CT molecular complexity index is 643. The molecule has 7 nitrogen and oxygen atoms in total. The average Bonchev–Trinajstić information content (AvgIpc) is 3.01. The van der Waals surface area contributed by atoms with Gasteiger partial charge in [-0.05, 0) is 24.1 Å². The van der Waals surface area contributed by atoms with Crippen molar-refractivity contribution < 1.29 is 24.2 Å². The molecule has 24 heavy (non-hydrogen) atoms. The number of aliphatic carboxylic acids is 1. The highest BCUT2D eigenvalue weighted by Crippen LogP contribution is 2.22. The molecule has 2 heterocycles. The van der Waals surface area contributed by atoms with Gasteiger partial charge in [0.05, 0.1) is 19.6 Å². The van der Waals surface area contributed by atoms with Crippen LogP contribution in [0.15, 0.2) is 24.3 Å². The number of hydrogen-bond acceptors (Lipinski definition) is 4. The maximum atomic E-state index is 12.3. The van der Waals surface area contributed by atoms with E-state index in [0.717, 1.165) is 24.2 Å². The second kappa shape index (κ2) is 7.00. The van der Waals surface area contributed by atoms with E-state index in [1.165, 1.54) is 4.90 Å².